The van der Waals surface area contributed by atoms with E-state index in [1.54, 1.807) is 18.4 Å². The first kappa shape index (κ1) is 12.6. The van der Waals surface area contributed by atoms with Crippen LogP contribution in [0, 0.1) is 0 Å². The number of carbonyl (C=O) groups is 1. The summed E-state index contributed by atoms with van der Waals surface area (Å²) >= 11 is 1.61. The zero-order chi connectivity index (χ0) is 13.4. The molecule has 3 rings (SSSR count). The molecule has 4 heteroatoms. The number of hydrogen-bond acceptors (Lipinski definition) is 3. The predicted octanol–water partition coefficient (Wildman–Crippen LogP) is 2.68. The van der Waals surface area contributed by atoms with Gasteiger partial charge in [0.05, 0.1) is 4.88 Å². The summed E-state index contributed by atoms with van der Waals surface area (Å²) in [6.07, 6.45) is 1.14. The minimum atomic E-state index is 0.0470. The number of carbonyl (C=O) groups excluding carboxylic acids is 1. The van der Waals surface area contributed by atoms with Crippen molar-refractivity contribution in [3.05, 3.63) is 34.7 Å². The Balaban J connectivity index is 2.16. The molecule has 1 saturated heterocycles. The number of nitrogens with one attached hydrogen (secondary N) is 1. The topological polar surface area (TPSA) is 32.3 Å². The number of fused-ring (bicyclic) bond motifs is 1. The van der Waals surface area contributed by atoms with E-state index < -0.39 is 0 Å². The van der Waals surface area contributed by atoms with Crippen molar-refractivity contribution in [2.24, 2.45) is 0 Å². The Bertz CT molecular complexity index is 620. The van der Waals surface area contributed by atoms with E-state index in [2.05, 4.69) is 35.5 Å². The van der Waals surface area contributed by atoms with Crippen molar-refractivity contribution >= 4 is 27.3 Å². The molecule has 1 N–H and O–H groups in total. The highest BCUT2D eigenvalue weighted by Gasteiger charge is 2.28. The van der Waals surface area contributed by atoms with Gasteiger partial charge in [-0.25, -0.2) is 0 Å². The van der Waals surface area contributed by atoms with Crippen LogP contribution in [-0.2, 0) is 0 Å². The van der Waals surface area contributed by atoms with Gasteiger partial charge < -0.3 is 10.2 Å². The fourth-order valence-corrected chi connectivity index (χ4v) is 4.16. The second-order valence-electron chi connectivity index (χ2n) is 5.17. The lowest BCUT2D eigenvalue weighted by atomic mass is 9.95. The van der Waals surface area contributed by atoms with E-state index in [1.807, 2.05) is 6.07 Å². The summed E-state index contributed by atoms with van der Waals surface area (Å²) in [6, 6.07) is 8.35. The minimum Gasteiger partial charge on any atom is -0.354 e. The molecule has 0 bridgehead atoms. The van der Waals surface area contributed by atoms with Crippen LogP contribution in [0.1, 0.15) is 27.6 Å². The summed E-state index contributed by atoms with van der Waals surface area (Å²) in [5.74, 6) is 0.527. The maximum Gasteiger partial charge on any atom is 0.261 e. The molecule has 0 saturated carbocycles. The zero-order valence-corrected chi connectivity index (χ0v) is 12.1. The van der Waals surface area contributed by atoms with Crippen LogP contribution in [0.3, 0.4) is 0 Å². The van der Waals surface area contributed by atoms with Crippen molar-refractivity contribution in [2.75, 3.05) is 27.2 Å². The second-order valence-corrected chi connectivity index (χ2v) is 6.22. The van der Waals surface area contributed by atoms with E-state index in [9.17, 15) is 4.79 Å². The number of thiophene rings is 1. The Morgan fingerprint density at radius 2 is 2.21 bits per heavy atom. The summed E-state index contributed by atoms with van der Waals surface area (Å²) in [6.45, 7) is 2.16. The summed E-state index contributed by atoms with van der Waals surface area (Å²) in [7, 11) is 3.85. The Morgan fingerprint density at radius 1 is 1.42 bits per heavy atom. The first-order valence-corrected chi connectivity index (χ1v) is 7.44. The molecule has 0 radical (unpaired) electrons. The predicted molar refractivity (Wildman–Crippen MR) is 80.1 cm³/mol. The number of likely N-dealkylation sites (tertiary alicyclic amines) is 1. The lowest BCUT2D eigenvalue weighted by Crippen LogP contribution is -2.19. The molecule has 1 fully saturated rings. The number of amides is 1. The van der Waals surface area contributed by atoms with Gasteiger partial charge >= 0.3 is 0 Å². The van der Waals surface area contributed by atoms with Gasteiger partial charge in [0.1, 0.15) is 0 Å². The highest BCUT2D eigenvalue weighted by atomic mass is 32.1. The van der Waals surface area contributed by atoms with Gasteiger partial charge in [0.25, 0.3) is 5.91 Å². The molecule has 0 spiro atoms. The van der Waals surface area contributed by atoms with Crippen LogP contribution < -0.4 is 5.32 Å². The van der Waals surface area contributed by atoms with E-state index in [-0.39, 0.29) is 5.91 Å². The first-order valence-electron chi connectivity index (χ1n) is 6.62. The molecule has 1 unspecified atom stereocenters. The Hall–Kier alpha value is -1.39. The number of benzene rings is 1. The third kappa shape index (κ3) is 2.15. The average Bonchev–Trinajstić information content (AvgIpc) is 3.00. The first-order chi connectivity index (χ1) is 9.20. The van der Waals surface area contributed by atoms with Gasteiger partial charge in [-0.15, -0.1) is 11.3 Å². The molecule has 1 aromatic heterocycles. The lowest BCUT2D eigenvalue weighted by molar-refractivity contribution is 0.0966. The molecular formula is C15H18N2OS. The fourth-order valence-electron chi connectivity index (χ4n) is 2.92. The minimum absolute atomic E-state index is 0.0470. The van der Waals surface area contributed by atoms with Crippen LogP contribution in [0.4, 0.5) is 0 Å². The number of nitrogens with zero attached hydrogens (tertiary/aromatic N) is 1. The Labute approximate surface area is 117 Å². The van der Waals surface area contributed by atoms with Crippen LogP contribution in [-0.4, -0.2) is 38.0 Å². The normalized spacial score (nSPS) is 20.0. The molecular weight excluding hydrogens is 256 g/mol. The second kappa shape index (κ2) is 4.94. The fraction of sp³-hybridized carbons (Fsp3) is 0.400. The van der Waals surface area contributed by atoms with Crippen molar-refractivity contribution in [3.8, 4) is 0 Å². The Morgan fingerprint density at radius 3 is 2.89 bits per heavy atom. The van der Waals surface area contributed by atoms with E-state index in [0.717, 1.165) is 24.4 Å². The summed E-state index contributed by atoms with van der Waals surface area (Å²) < 4.78 is 1.21. The number of rotatable bonds is 2. The van der Waals surface area contributed by atoms with Crippen molar-refractivity contribution in [3.63, 3.8) is 0 Å². The highest BCUT2D eigenvalue weighted by Crippen LogP contribution is 2.39. The van der Waals surface area contributed by atoms with E-state index in [0.29, 0.717) is 5.92 Å². The lowest BCUT2D eigenvalue weighted by Gasteiger charge is -2.12. The van der Waals surface area contributed by atoms with Crippen molar-refractivity contribution in [1.82, 2.24) is 10.2 Å². The van der Waals surface area contributed by atoms with E-state index in [1.165, 1.54) is 15.6 Å². The maximum atomic E-state index is 12.1. The van der Waals surface area contributed by atoms with E-state index >= 15 is 0 Å². The van der Waals surface area contributed by atoms with E-state index in [4.69, 9.17) is 0 Å². The standard InChI is InChI=1S/C15H18N2OS/c1-16-15(18)14-13(10-7-8-17(2)9-10)11-5-3-4-6-12(11)19-14/h3-6,10H,7-9H2,1-2H3,(H,16,18). The number of hydrogen-bond donors (Lipinski definition) is 1. The van der Waals surface area contributed by atoms with Gasteiger partial charge in [-0.2, -0.15) is 0 Å². The molecule has 2 heterocycles. The molecule has 3 nitrogen and oxygen atoms in total. The van der Waals surface area contributed by atoms with Crippen molar-refractivity contribution in [1.29, 1.82) is 0 Å². The molecule has 2 aromatic rings. The highest BCUT2D eigenvalue weighted by molar-refractivity contribution is 7.21. The smallest absolute Gasteiger partial charge is 0.261 e. The third-order valence-corrected chi connectivity index (χ3v) is 5.05. The van der Waals surface area contributed by atoms with Crippen LogP contribution in [0.2, 0.25) is 0 Å². The monoisotopic (exact) mass is 274 g/mol. The van der Waals surface area contributed by atoms with Crippen LogP contribution in [0.15, 0.2) is 24.3 Å². The maximum absolute atomic E-state index is 12.1. The molecule has 1 aromatic carbocycles. The van der Waals surface area contributed by atoms with Crippen molar-refractivity contribution in [2.45, 2.75) is 12.3 Å². The largest absolute Gasteiger partial charge is 0.354 e. The van der Waals surface area contributed by atoms with Gasteiger partial charge in [0, 0.05) is 24.2 Å². The molecule has 1 aliphatic heterocycles. The zero-order valence-electron chi connectivity index (χ0n) is 11.3. The molecule has 1 atom stereocenters. The molecule has 1 amide bonds. The average molecular weight is 274 g/mol. The third-order valence-electron chi connectivity index (χ3n) is 3.87. The van der Waals surface area contributed by atoms with Gasteiger partial charge in [-0.05, 0) is 37.0 Å². The van der Waals surface area contributed by atoms with Crippen molar-refractivity contribution < 1.29 is 4.79 Å². The van der Waals surface area contributed by atoms with Crippen LogP contribution >= 0.6 is 11.3 Å². The summed E-state index contributed by atoms with van der Waals surface area (Å²) in [4.78, 5) is 15.4. The van der Waals surface area contributed by atoms with Gasteiger partial charge in [0.15, 0.2) is 0 Å². The molecule has 0 aliphatic carbocycles. The molecule has 100 valence electrons. The summed E-state index contributed by atoms with van der Waals surface area (Å²) in [5, 5.41) is 4.03. The Kier molecular flexibility index (Phi) is 3.29. The van der Waals surface area contributed by atoms with Gasteiger partial charge in [0.2, 0.25) is 0 Å². The van der Waals surface area contributed by atoms with Gasteiger partial charge in [-0.1, -0.05) is 18.2 Å². The van der Waals surface area contributed by atoms with Crippen LogP contribution in [0.25, 0.3) is 10.1 Å². The molecule has 19 heavy (non-hydrogen) atoms. The summed E-state index contributed by atoms with van der Waals surface area (Å²) in [5.41, 5.74) is 1.25. The number of likely N-dealkylation sites (N-methyl/N-ethyl adjacent to an activating group) is 1. The SMILES string of the molecule is CNC(=O)c1sc2ccccc2c1C1CCN(C)C1. The van der Waals surface area contributed by atoms with Crippen LogP contribution in [0.5, 0.6) is 0 Å². The quantitative estimate of drug-likeness (QED) is 0.913. The molecule has 1 aliphatic rings. The van der Waals surface area contributed by atoms with Gasteiger partial charge in [-0.3, -0.25) is 4.79 Å².